The fourth-order valence-corrected chi connectivity index (χ4v) is 2.02. The van der Waals surface area contributed by atoms with Crippen LogP contribution < -0.4 is 15.2 Å². The fraction of sp³-hybridized carbons (Fsp3) is 0.500. The second-order valence-corrected chi connectivity index (χ2v) is 5.30. The third-order valence-electron chi connectivity index (χ3n) is 3.24. The van der Waals surface area contributed by atoms with Gasteiger partial charge < -0.3 is 15.2 Å². The van der Waals surface area contributed by atoms with Crippen LogP contribution in [-0.2, 0) is 6.42 Å². The standard InChI is InChI=1S/C16H24ClNO2/c1-5-11(3)10-20-16-12(8-14(18)6-2)7-13(17)9-15(16)19-4/h7,9,14H,3,5-6,8,10,18H2,1-2,4H3. The lowest BCUT2D eigenvalue weighted by Gasteiger charge is -2.18. The van der Waals surface area contributed by atoms with Crippen molar-refractivity contribution in [1.29, 1.82) is 0 Å². The van der Waals surface area contributed by atoms with Crippen molar-refractivity contribution in [2.45, 2.75) is 39.2 Å². The highest BCUT2D eigenvalue weighted by Gasteiger charge is 2.15. The molecule has 0 bridgehead atoms. The largest absolute Gasteiger partial charge is 0.493 e. The first kappa shape index (κ1) is 16.9. The minimum Gasteiger partial charge on any atom is -0.493 e. The molecule has 112 valence electrons. The number of ether oxygens (including phenoxy) is 2. The van der Waals surface area contributed by atoms with E-state index in [1.54, 1.807) is 13.2 Å². The van der Waals surface area contributed by atoms with E-state index in [0.717, 1.165) is 29.7 Å². The van der Waals surface area contributed by atoms with E-state index < -0.39 is 0 Å². The van der Waals surface area contributed by atoms with Crippen molar-refractivity contribution in [2.75, 3.05) is 13.7 Å². The number of rotatable bonds is 8. The van der Waals surface area contributed by atoms with Gasteiger partial charge in [0.05, 0.1) is 7.11 Å². The normalized spacial score (nSPS) is 12.1. The lowest BCUT2D eigenvalue weighted by Crippen LogP contribution is -2.22. The average molecular weight is 298 g/mol. The van der Waals surface area contributed by atoms with E-state index in [4.69, 9.17) is 26.8 Å². The van der Waals surface area contributed by atoms with Gasteiger partial charge in [-0.1, -0.05) is 32.0 Å². The topological polar surface area (TPSA) is 44.5 Å². The summed E-state index contributed by atoms with van der Waals surface area (Å²) in [4.78, 5) is 0. The summed E-state index contributed by atoms with van der Waals surface area (Å²) in [6.45, 7) is 8.54. The van der Waals surface area contributed by atoms with Gasteiger partial charge in [-0.05, 0) is 30.9 Å². The van der Waals surface area contributed by atoms with Gasteiger partial charge in [-0.3, -0.25) is 0 Å². The Balaban J connectivity index is 3.05. The first-order valence-electron chi connectivity index (χ1n) is 6.93. The van der Waals surface area contributed by atoms with Crippen LogP contribution in [0.5, 0.6) is 11.5 Å². The number of methoxy groups -OCH3 is 1. The molecule has 0 aromatic heterocycles. The number of nitrogens with two attached hydrogens (primary N) is 1. The van der Waals surface area contributed by atoms with E-state index in [-0.39, 0.29) is 6.04 Å². The van der Waals surface area contributed by atoms with Crippen LogP contribution in [0.25, 0.3) is 0 Å². The van der Waals surface area contributed by atoms with Crippen LogP contribution in [0.4, 0.5) is 0 Å². The second kappa shape index (κ2) is 8.18. The van der Waals surface area contributed by atoms with Crippen molar-refractivity contribution >= 4 is 11.6 Å². The van der Waals surface area contributed by atoms with Gasteiger partial charge in [-0.15, -0.1) is 0 Å². The maximum Gasteiger partial charge on any atom is 0.164 e. The molecule has 0 saturated carbocycles. The highest BCUT2D eigenvalue weighted by atomic mass is 35.5. The Morgan fingerprint density at radius 2 is 2.10 bits per heavy atom. The molecule has 4 heteroatoms. The molecule has 0 heterocycles. The lowest BCUT2D eigenvalue weighted by atomic mass is 10.0. The second-order valence-electron chi connectivity index (χ2n) is 4.86. The Hall–Kier alpha value is -1.19. The Labute approximate surface area is 126 Å². The van der Waals surface area contributed by atoms with Gasteiger partial charge in [0.15, 0.2) is 11.5 Å². The first-order chi connectivity index (χ1) is 9.51. The van der Waals surface area contributed by atoms with Gasteiger partial charge in [0.25, 0.3) is 0 Å². The van der Waals surface area contributed by atoms with Gasteiger partial charge in [0, 0.05) is 22.7 Å². The van der Waals surface area contributed by atoms with Gasteiger partial charge in [0.1, 0.15) is 6.61 Å². The Bertz CT molecular complexity index is 460. The van der Waals surface area contributed by atoms with Crippen LogP contribution >= 0.6 is 11.6 Å². The summed E-state index contributed by atoms with van der Waals surface area (Å²) in [6, 6.07) is 3.73. The van der Waals surface area contributed by atoms with E-state index in [1.807, 2.05) is 6.07 Å². The molecule has 1 unspecified atom stereocenters. The Morgan fingerprint density at radius 1 is 1.40 bits per heavy atom. The molecular weight excluding hydrogens is 274 g/mol. The Morgan fingerprint density at radius 3 is 2.65 bits per heavy atom. The third-order valence-corrected chi connectivity index (χ3v) is 3.46. The monoisotopic (exact) mass is 297 g/mol. The zero-order valence-electron chi connectivity index (χ0n) is 12.5. The summed E-state index contributed by atoms with van der Waals surface area (Å²) in [5, 5.41) is 0.627. The molecule has 1 rings (SSSR count). The van der Waals surface area contributed by atoms with Gasteiger partial charge in [0.2, 0.25) is 0 Å². The van der Waals surface area contributed by atoms with Crippen molar-refractivity contribution in [1.82, 2.24) is 0 Å². The van der Waals surface area contributed by atoms with E-state index >= 15 is 0 Å². The van der Waals surface area contributed by atoms with E-state index in [2.05, 4.69) is 20.4 Å². The molecule has 2 N–H and O–H groups in total. The summed E-state index contributed by atoms with van der Waals surface area (Å²) >= 11 is 6.12. The van der Waals surface area contributed by atoms with E-state index in [1.165, 1.54) is 0 Å². The molecule has 0 amide bonds. The quantitative estimate of drug-likeness (QED) is 0.738. The van der Waals surface area contributed by atoms with Crippen molar-refractivity contribution in [3.05, 3.63) is 34.9 Å². The fourth-order valence-electron chi connectivity index (χ4n) is 1.79. The summed E-state index contributed by atoms with van der Waals surface area (Å²) < 4.78 is 11.2. The Kier molecular flexibility index (Phi) is 6.89. The number of benzene rings is 1. The van der Waals surface area contributed by atoms with Crippen molar-refractivity contribution in [2.24, 2.45) is 5.73 Å². The van der Waals surface area contributed by atoms with Crippen molar-refractivity contribution in [3.63, 3.8) is 0 Å². The maximum atomic E-state index is 6.12. The predicted octanol–water partition coefficient (Wildman–Crippen LogP) is 3.97. The van der Waals surface area contributed by atoms with E-state index in [9.17, 15) is 0 Å². The molecule has 0 aliphatic rings. The molecule has 0 saturated heterocycles. The highest BCUT2D eigenvalue weighted by molar-refractivity contribution is 6.30. The zero-order chi connectivity index (χ0) is 15.1. The molecule has 0 radical (unpaired) electrons. The molecule has 0 aliphatic heterocycles. The van der Waals surface area contributed by atoms with Crippen molar-refractivity contribution in [3.8, 4) is 11.5 Å². The van der Waals surface area contributed by atoms with Crippen LogP contribution in [0.15, 0.2) is 24.3 Å². The third kappa shape index (κ3) is 4.73. The van der Waals surface area contributed by atoms with E-state index in [0.29, 0.717) is 23.8 Å². The summed E-state index contributed by atoms with van der Waals surface area (Å²) in [5.74, 6) is 1.36. The van der Waals surface area contributed by atoms with Gasteiger partial charge in [-0.25, -0.2) is 0 Å². The molecule has 1 aromatic carbocycles. The summed E-state index contributed by atoms with van der Waals surface area (Å²) in [7, 11) is 1.61. The summed E-state index contributed by atoms with van der Waals surface area (Å²) in [5.41, 5.74) is 8.05. The molecule has 0 aliphatic carbocycles. The SMILES string of the molecule is C=C(CC)COc1c(CC(N)CC)cc(Cl)cc1OC. The molecule has 3 nitrogen and oxygen atoms in total. The van der Waals surface area contributed by atoms with Crippen LogP contribution in [0.3, 0.4) is 0 Å². The number of hydrogen-bond acceptors (Lipinski definition) is 3. The molecule has 1 atom stereocenters. The van der Waals surface area contributed by atoms with Gasteiger partial charge in [-0.2, -0.15) is 0 Å². The van der Waals surface area contributed by atoms with Crippen LogP contribution in [0, 0.1) is 0 Å². The predicted molar refractivity (Wildman–Crippen MR) is 84.9 cm³/mol. The number of halogens is 1. The maximum absolute atomic E-state index is 6.12. The van der Waals surface area contributed by atoms with Crippen molar-refractivity contribution < 1.29 is 9.47 Å². The minimum absolute atomic E-state index is 0.0786. The molecule has 20 heavy (non-hydrogen) atoms. The zero-order valence-corrected chi connectivity index (χ0v) is 13.3. The highest BCUT2D eigenvalue weighted by Crippen LogP contribution is 2.35. The van der Waals surface area contributed by atoms with Crippen LogP contribution in [0.2, 0.25) is 5.02 Å². The molecular formula is C16H24ClNO2. The van der Waals surface area contributed by atoms with Gasteiger partial charge >= 0.3 is 0 Å². The molecule has 1 aromatic rings. The molecule has 0 spiro atoms. The van der Waals surface area contributed by atoms with Crippen LogP contribution in [0.1, 0.15) is 32.3 Å². The minimum atomic E-state index is 0.0786. The molecule has 0 fully saturated rings. The number of hydrogen-bond donors (Lipinski definition) is 1. The smallest absolute Gasteiger partial charge is 0.164 e. The average Bonchev–Trinajstić information content (AvgIpc) is 2.44. The first-order valence-corrected chi connectivity index (χ1v) is 7.31. The lowest BCUT2D eigenvalue weighted by molar-refractivity contribution is 0.313. The van der Waals surface area contributed by atoms with Crippen LogP contribution in [-0.4, -0.2) is 19.8 Å². The summed E-state index contributed by atoms with van der Waals surface area (Å²) in [6.07, 6.45) is 2.50.